The molecule has 0 radical (unpaired) electrons. The number of carboxylic acids is 1. The van der Waals surface area contributed by atoms with Crippen molar-refractivity contribution >= 4 is 11.7 Å². The number of carboxylic acid groups (broad SMARTS) is 1. The van der Waals surface area contributed by atoms with Crippen molar-refractivity contribution < 1.29 is 37.8 Å². The van der Waals surface area contributed by atoms with Crippen molar-refractivity contribution in [1.82, 2.24) is 0 Å². The van der Waals surface area contributed by atoms with E-state index in [-0.39, 0.29) is 12.1 Å². The molecule has 0 saturated heterocycles. The summed E-state index contributed by atoms with van der Waals surface area (Å²) in [4.78, 5) is 19.7. The number of nitrogens with zero attached hydrogens (tertiary/aromatic N) is 1. The molecule has 19 heavy (non-hydrogen) atoms. The molecule has 1 aromatic rings. The minimum Gasteiger partial charge on any atom is -0.479 e. The van der Waals surface area contributed by atoms with Gasteiger partial charge in [-0.1, -0.05) is 0 Å². The second-order valence-electron chi connectivity index (χ2n) is 3.22. The quantitative estimate of drug-likeness (QED) is 0.624. The molecule has 0 spiro atoms. The lowest BCUT2D eigenvalue weighted by atomic mass is 10.1. The van der Waals surface area contributed by atoms with E-state index in [9.17, 15) is 33.2 Å². The molecule has 0 fully saturated rings. The fourth-order valence-electron chi connectivity index (χ4n) is 1.24. The molecular weight excluding hydrogens is 275 g/mol. The van der Waals surface area contributed by atoms with Crippen LogP contribution in [0.15, 0.2) is 12.1 Å². The van der Waals surface area contributed by atoms with Gasteiger partial charge in [0, 0.05) is 5.56 Å². The van der Waals surface area contributed by atoms with Crippen LogP contribution in [0.2, 0.25) is 0 Å². The number of hydrogen-bond donors (Lipinski definition) is 2. The predicted molar refractivity (Wildman–Crippen MR) is 52.3 cm³/mol. The Labute approximate surface area is 103 Å². The van der Waals surface area contributed by atoms with Crippen LogP contribution in [0.5, 0.6) is 5.75 Å². The van der Waals surface area contributed by atoms with Crippen molar-refractivity contribution in [2.24, 2.45) is 0 Å². The molecular formula is C9H6F3NO6. The van der Waals surface area contributed by atoms with Gasteiger partial charge in [0.25, 0.3) is 0 Å². The Morgan fingerprint density at radius 2 is 2.00 bits per heavy atom. The van der Waals surface area contributed by atoms with Gasteiger partial charge in [0.15, 0.2) is 6.10 Å². The monoisotopic (exact) mass is 281 g/mol. The minimum atomic E-state index is -3.43. The number of aliphatic carboxylic acids is 1. The van der Waals surface area contributed by atoms with E-state index in [1.54, 1.807) is 0 Å². The highest BCUT2D eigenvalue weighted by Crippen LogP contribution is 2.33. The van der Waals surface area contributed by atoms with Gasteiger partial charge in [-0.05, 0) is 6.07 Å². The highest BCUT2D eigenvalue weighted by Gasteiger charge is 2.27. The molecule has 0 amide bonds. The van der Waals surface area contributed by atoms with Crippen molar-refractivity contribution in [2.75, 3.05) is 0 Å². The average molecular weight is 281 g/mol. The van der Waals surface area contributed by atoms with Crippen LogP contribution in [-0.4, -0.2) is 27.7 Å². The van der Waals surface area contributed by atoms with Gasteiger partial charge >= 0.3 is 18.3 Å². The Bertz CT molecular complexity index is 521. The summed E-state index contributed by atoms with van der Waals surface area (Å²) in [5.41, 5.74) is -2.03. The Morgan fingerprint density at radius 1 is 1.42 bits per heavy atom. The van der Waals surface area contributed by atoms with E-state index in [1.165, 1.54) is 0 Å². The first-order valence-corrected chi connectivity index (χ1v) is 4.57. The Balaban J connectivity index is 3.39. The second-order valence-corrected chi connectivity index (χ2v) is 3.22. The summed E-state index contributed by atoms with van der Waals surface area (Å²) in [5.74, 6) is -4.33. The lowest BCUT2D eigenvalue weighted by Gasteiger charge is -2.13. The minimum absolute atomic E-state index is 0.259. The van der Waals surface area contributed by atoms with Crippen LogP contribution in [0.1, 0.15) is 11.7 Å². The molecule has 1 atom stereocenters. The summed E-state index contributed by atoms with van der Waals surface area (Å²) in [5, 5.41) is 28.1. The van der Waals surface area contributed by atoms with Crippen molar-refractivity contribution in [3.05, 3.63) is 33.6 Å². The van der Waals surface area contributed by atoms with E-state index in [1.807, 2.05) is 0 Å². The van der Waals surface area contributed by atoms with Gasteiger partial charge in [-0.15, -0.1) is 0 Å². The molecule has 0 saturated carbocycles. The number of hydrogen-bond acceptors (Lipinski definition) is 5. The SMILES string of the molecule is O=C(O)C(O)c1cc(F)c([N+](=O)[O-])cc1OC(F)F. The molecule has 0 aromatic heterocycles. The zero-order valence-corrected chi connectivity index (χ0v) is 8.92. The molecule has 0 bridgehead atoms. The Morgan fingerprint density at radius 3 is 2.42 bits per heavy atom. The molecule has 0 aliphatic carbocycles. The lowest BCUT2D eigenvalue weighted by Crippen LogP contribution is -2.14. The van der Waals surface area contributed by atoms with E-state index in [0.29, 0.717) is 0 Å². The molecule has 2 N–H and O–H groups in total. The standard InChI is InChI=1S/C9H6F3NO6/c10-4-1-3(7(14)8(15)16)6(19-9(11)12)2-5(4)13(17)18/h1-2,7,9,14H,(H,15,16). The molecule has 0 heterocycles. The Kier molecular flexibility index (Phi) is 4.27. The molecule has 0 aliphatic rings. The van der Waals surface area contributed by atoms with Gasteiger partial charge in [0.2, 0.25) is 5.82 Å². The van der Waals surface area contributed by atoms with Crippen LogP contribution in [0.4, 0.5) is 18.9 Å². The number of alkyl halides is 2. The summed E-state index contributed by atoms with van der Waals surface area (Å²) in [6, 6.07) is 0.539. The van der Waals surface area contributed by atoms with Crippen molar-refractivity contribution in [2.45, 2.75) is 12.7 Å². The van der Waals surface area contributed by atoms with Crippen LogP contribution in [0, 0.1) is 15.9 Å². The molecule has 7 nitrogen and oxygen atoms in total. The maximum Gasteiger partial charge on any atom is 0.387 e. The summed E-state index contributed by atoms with van der Waals surface area (Å²) >= 11 is 0. The summed E-state index contributed by atoms with van der Waals surface area (Å²) in [7, 11) is 0. The first kappa shape index (κ1) is 14.7. The molecule has 104 valence electrons. The fourth-order valence-corrected chi connectivity index (χ4v) is 1.24. The normalized spacial score (nSPS) is 12.3. The van der Waals surface area contributed by atoms with Crippen LogP contribution < -0.4 is 4.74 Å². The lowest BCUT2D eigenvalue weighted by molar-refractivity contribution is -0.387. The van der Waals surface area contributed by atoms with E-state index < -0.39 is 46.4 Å². The summed E-state index contributed by atoms with van der Waals surface area (Å²) < 4.78 is 41.3. The number of nitro benzene ring substituents is 1. The first-order chi connectivity index (χ1) is 8.73. The molecule has 10 heteroatoms. The van der Waals surface area contributed by atoms with Crippen molar-refractivity contribution in [1.29, 1.82) is 0 Å². The van der Waals surface area contributed by atoms with Gasteiger partial charge in [0.05, 0.1) is 11.0 Å². The highest BCUT2D eigenvalue weighted by atomic mass is 19.3. The smallest absolute Gasteiger partial charge is 0.387 e. The maximum atomic E-state index is 13.3. The summed E-state index contributed by atoms with van der Waals surface area (Å²) in [6.07, 6.45) is -2.36. The van der Waals surface area contributed by atoms with Gasteiger partial charge in [-0.25, -0.2) is 4.79 Å². The second kappa shape index (κ2) is 5.52. The van der Waals surface area contributed by atoms with Crippen LogP contribution in [0.25, 0.3) is 0 Å². The number of benzene rings is 1. The highest BCUT2D eigenvalue weighted by molar-refractivity contribution is 5.75. The molecule has 0 aliphatic heterocycles. The molecule has 1 rings (SSSR count). The van der Waals surface area contributed by atoms with Gasteiger partial charge in [-0.2, -0.15) is 13.2 Å². The van der Waals surface area contributed by atoms with Gasteiger partial charge in [0.1, 0.15) is 5.75 Å². The number of carbonyl (C=O) groups is 1. The first-order valence-electron chi connectivity index (χ1n) is 4.57. The zero-order chi connectivity index (χ0) is 14.7. The predicted octanol–water partition coefficient (Wildman–Crippen LogP) is 1.45. The van der Waals surface area contributed by atoms with Gasteiger partial charge in [-0.3, -0.25) is 10.1 Å². The largest absolute Gasteiger partial charge is 0.479 e. The molecule has 1 unspecified atom stereocenters. The van der Waals surface area contributed by atoms with Crippen molar-refractivity contribution in [3.8, 4) is 5.75 Å². The summed E-state index contributed by atoms with van der Waals surface area (Å²) in [6.45, 7) is -3.43. The Hall–Kier alpha value is -2.36. The van der Waals surface area contributed by atoms with Crippen molar-refractivity contribution in [3.63, 3.8) is 0 Å². The zero-order valence-electron chi connectivity index (χ0n) is 8.92. The number of rotatable bonds is 5. The van der Waals surface area contributed by atoms with Crippen LogP contribution >= 0.6 is 0 Å². The fraction of sp³-hybridized carbons (Fsp3) is 0.222. The number of aliphatic hydroxyl groups excluding tert-OH is 1. The van der Waals surface area contributed by atoms with Crippen LogP contribution in [0.3, 0.4) is 0 Å². The van der Waals surface area contributed by atoms with E-state index in [4.69, 9.17) is 5.11 Å². The number of nitro groups is 1. The van der Waals surface area contributed by atoms with E-state index in [0.717, 1.165) is 0 Å². The van der Waals surface area contributed by atoms with Crippen LogP contribution in [-0.2, 0) is 4.79 Å². The third kappa shape index (κ3) is 3.31. The maximum absolute atomic E-state index is 13.3. The number of ether oxygens (including phenoxy) is 1. The third-order valence-electron chi connectivity index (χ3n) is 2.02. The van der Waals surface area contributed by atoms with Gasteiger partial charge < -0.3 is 14.9 Å². The number of aliphatic hydroxyl groups is 1. The van der Waals surface area contributed by atoms with E-state index in [2.05, 4.69) is 4.74 Å². The average Bonchev–Trinajstić information content (AvgIpc) is 2.28. The third-order valence-corrected chi connectivity index (χ3v) is 2.02. The van der Waals surface area contributed by atoms with E-state index >= 15 is 0 Å². The number of halogens is 3. The molecule has 1 aromatic carbocycles. The topological polar surface area (TPSA) is 110 Å².